The van der Waals surface area contributed by atoms with Gasteiger partial charge in [0.2, 0.25) is 23.6 Å². The Balaban J connectivity index is 0.912. The molecular weight excluding hydrogens is 721 g/mol. The minimum atomic E-state index is -0.284. The summed E-state index contributed by atoms with van der Waals surface area (Å²) in [4.78, 5) is 49.5. The van der Waals surface area contributed by atoms with Crippen LogP contribution in [0.1, 0.15) is 124 Å². The van der Waals surface area contributed by atoms with E-state index in [1.54, 1.807) is 0 Å². The Morgan fingerprint density at radius 2 is 0.672 bits per heavy atom. The van der Waals surface area contributed by atoms with Gasteiger partial charge in [0, 0.05) is 63.0 Å². The molecule has 58 heavy (non-hydrogen) atoms. The van der Waals surface area contributed by atoms with Gasteiger partial charge in [-0.15, -0.1) is 0 Å². The predicted molar refractivity (Wildman–Crippen MR) is 235 cm³/mol. The maximum atomic E-state index is 12.6. The number of nitrogens with one attached hydrogen (secondary N) is 4. The molecule has 0 heterocycles. The van der Waals surface area contributed by atoms with Crippen LogP contribution in [0, 0.1) is 0 Å². The third kappa shape index (κ3) is 18.6. The van der Waals surface area contributed by atoms with E-state index in [1.807, 2.05) is 72.8 Å². The topological polar surface area (TPSA) is 116 Å². The van der Waals surface area contributed by atoms with Crippen molar-refractivity contribution >= 4 is 23.6 Å². The fraction of sp³-hybridized carbons (Fsp3) is 0.400. The highest BCUT2D eigenvalue weighted by Gasteiger charge is 2.16. The zero-order valence-electron chi connectivity index (χ0n) is 34.2. The lowest BCUT2D eigenvalue weighted by Crippen LogP contribution is -2.29. The van der Waals surface area contributed by atoms with Crippen molar-refractivity contribution in [3.63, 3.8) is 0 Å². The average Bonchev–Trinajstić information content (AvgIpc) is 3.26. The van der Waals surface area contributed by atoms with Gasteiger partial charge in [0.05, 0.1) is 0 Å². The van der Waals surface area contributed by atoms with E-state index >= 15 is 0 Å². The van der Waals surface area contributed by atoms with E-state index in [-0.39, 0.29) is 35.5 Å². The number of rotatable bonds is 28. The molecule has 0 aliphatic heterocycles. The Morgan fingerprint density at radius 1 is 0.362 bits per heavy atom. The van der Waals surface area contributed by atoms with E-state index in [0.717, 1.165) is 43.2 Å². The van der Waals surface area contributed by atoms with Crippen LogP contribution >= 0.6 is 0 Å². The summed E-state index contributed by atoms with van der Waals surface area (Å²) in [7, 11) is 0. The summed E-state index contributed by atoms with van der Waals surface area (Å²) in [6.45, 7) is 2.31. The summed E-state index contributed by atoms with van der Waals surface area (Å²) in [5.74, 6) is -0.303. The molecule has 4 rings (SSSR count). The Labute approximate surface area is 346 Å². The molecule has 0 spiro atoms. The maximum Gasteiger partial charge on any atom is 0.244 e. The smallest absolute Gasteiger partial charge is 0.244 e. The molecule has 0 bridgehead atoms. The van der Waals surface area contributed by atoms with Crippen LogP contribution in [-0.4, -0.2) is 49.8 Å². The number of benzene rings is 4. The molecule has 0 aliphatic rings. The Hall–Kier alpha value is -5.50. The quantitative estimate of drug-likeness (QED) is 0.0340. The van der Waals surface area contributed by atoms with Crippen molar-refractivity contribution in [2.45, 2.75) is 102 Å². The SMILES string of the molecule is O=C(/C=C\C(=O)NCC(c1ccccc1)c1ccccc1)NCCCCCCCCCCCCNC(=O)CCCCC(=O)NCC(c1ccccc1)c1ccccc1. The number of carbonyl (C=O) groups excluding carboxylic acids is 4. The van der Waals surface area contributed by atoms with Crippen LogP contribution in [0.2, 0.25) is 0 Å². The lowest BCUT2D eigenvalue weighted by Gasteiger charge is -2.19. The number of unbranched alkanes of at least 4 members (excludes halogenated alkanes) is 10. The Kier molecular flexibility index (Phi) is 21.8. The first kappa shape index (κ1) is 45.2. The number of hydrogen-bond donors (Lipinski definition) is 4. The van der Waals surface area contributed by atoms with Crippen LogP contribution in [0.4, 0.5) is 0 Å². The van der Waals surface area contributed by atoms with E-state index in [4.69, 9.17) is 0 Å². The second-order valence-electron chi connectivity index (χ2n) is 15.0. The summed E-state index contributed by atoms with van der Waals surface area (Å²) in [6.07, 6.45) is 16.2. The van der Waals surface area contributed by atoms with Gasteiger partial charge in [-0.1, -0.05) is 173 Å². The second-order valence-corrected chi connectivity index (χ2v) is 15.0. The summed E-state index contributed by atoms with van der Waals surface area (Å²) in [6, 6.07) is 40.7. The zero-order chi connectivity index (χ0) is 40.9. The van der Waals surface area contributed by atoms with Gasteiger partial charge < -0.3 is 21.3 Å². The molecule has 8 heteroatoms. The first-order valence-corrected chi connectivity index (χ1v) is 21.5. The first-order chi connectivity index (χ1) is 28.5. The van der Waals surface area contributed by atoms with Gasteiger partial charge in [0.15, 0.2) is 0 Å². The highest BCUT2D eigenvalue weighted by molar-refractivity contribution is 5.96. The second kappa shape index (κ2) is 28.0. The molecule has 4 aromatic carbocycles. The fourth-order valence-corrected chi connectivity index (χ4v) is 7.14. The molecule has 308 valence electrons. The molecule has 0 aromatic heterocycles. The van der Waals surface area contributed by atoms with Crippen molar-refractivity contribution in [1.82, 2.24) is 21.3 Å². The van der Waals surface area contributed by atoms with Gasteiger partial charge >= 0.3 is 0 Å². The van der Waals surface area contributed by atoms with E-state index in [9.17, 15) is 19.2 Å². The van der Waals surface area contributed by atoms with Gasteiger partial charge in [0.1, 0.15) is 0 Å². The third-order valence-electron chi connectivity index (χ3n) is 10.5. The van der Waals surface area contributed by atoms with E-state index in [1.165, 1.54) is 55.4 Å². The molecule has 0 saturated heterocycles. The van der Waals surface area contributed by atoms with Crippen molar-refractivity contribution in [1.29, 1.82) is 0 Å². The highest BCUT2D eigenvalue weighted by Crippen LogP contribution is 2.25. The van der Waals surface area contributed by atoms with Crippen molar-refractivity contribution in [3.05, 3.63) is 156 Å². The molecule has 0 atom stereocenters. The average molecular weight is 785 g/mol. The largest absolute Gasteiger partial charge is 0.356 e. The molecule has 0 unspecified atom stereocenters. The zero-order valence-corrected chi connectivity index (χ0v) is 34.2. The van der Waals surface area contributed by atoms with Crippen LogP contribution < -0.4 is 21.3 Å². The van der Waals surface area contributed by atoms with Crippen molar-refractivity contribution in [2.24, 2.45) is 0 Å². The van der Waals surface area contributed by atoms with Crippen LogP contribution in [0.3, 0.4) is 0 Å². The highest BCUT2D eigenvalue weighted by atomic mass is 16.2. The number of hydrogen-bond acceptors (Lipinski definition) is 4. The van der Waals surface area contributed by atoms with Gasteiger partial charge in [-0.2, -0.15) is 0 Å². The summed E-state index contributed by atoms with van der Waals surface area (Å²) < 4.78 is 0. The van der Waals surface area contributed by atoms with Crippen molar-refractivity contribution in [3.8, 4) is 0 Å². The summed E-state index contributed by atoms with van der Waals surface area (Å²) in [5, 5.41) is 12.0. The third-order valence-corrected chi connectivity index (χ3v) is 10.5. The lowest BCUT2D eigenvalue weighted by atomic mass is 9.91. The van der Waals surface area contributed by atoms with Gasteiger partial charge in [-0.05, 0) is 47.9 Å². The Bertz CT molecular complexity index is 1690. The number of amides is 4. The molecule has 0 saturated carbocycles. The minimum Gasteiger partial charge on any atom is -0.356 e. The summed E-state index contributed by atoms with van der Waals surface area (Å²) in [5.41, 5.74) is 4.61. The molecule has 0 fully saturated rings. The van der Waals surface area contributed by atoms with Gasteiger partial charge in [0.25, 0.3) is 0 Å². The van der Waals surface area contributed by atoms with E-state index < -0.39 is 0 Å². The van der Waals surface area contributed by atoms with Crippen LogP contribution in [-0.2, 0) is 19.2 Å². The molecule has 4 N–H and O–H groups in total. The normalized spacial score (nSPS) is 11.1. The molecule has 4 aromatic rings. The predicted octanol–water partition coefficient (Wildman–Crippen LogP) is 9.13. The van der Waals surface area contributed by atoms with E-state index in [0.29, 0.717) is 51.9 Å². The summed E-state index contributed by atoms with van der Waals surface area (Å²) >= 11 is 0. The lowest BCUT2D eigenvalue weighted by molar-refractivity contribution is -0.123. The van der Waals surface area contributed by atoms with E-state index in [2.05, 4.69) is 69.8 Å². The van der Waals surface area contributed by atoms with Crippen LogP contribution in [0.5, 0.6) is 0 Å². The van der Waals surface area contributed by atoms with Gasteiger partial charge in [-0.25, -0.2) is 0 Å². The first-order valence-electron chi connectivity index (χ1n) is 21.5. The fourth-order valence-electron chi connectivity index (χ4n) is 7.14. The monoisotopic (exact) mass is 784 g/mol. The van der Waals surface area contributed by atoms with Crippen molar-refractivity contribution in [2.75, 3.05) is 26.2 Å². The molecule has 0 aliphatic carbocycles. The molecule has 8 nitrogen and oxygen atoms in total. The molecule has 0 radical (unpaired) electrons. The molecular formula is C50H64N4O4. The number of carbonyl (C=O) groups is 4. The molecule has 4 amide bonds. The standard InChI is InChI=1S/C50H64N4O4/c55-47(33-21-22-34-48(56)53-39-45(41-25-13-9-14-26-41)42-27-15-10-16-28-42)51-37-23-7-5-3-1-2-4-6-8-24-38-52-49(57)35-36-50(58)54-40-46(43-29-17-11-18-30-43)44-31-19-12-20-32-44/h9-20,25-32,35-36,45-46H,1-8,21-24,33-34,37-40H2,(H,51,55)(H,52,57)(H,53,56)(H,54,58)/b36-35-. The maximum absolute atomic E-state index is 12.6. The Morgan fingerprint density at radius 3 is 1.07 bits per heavy atom. The van der Waals surface area contributed by atoms with Crippen LogP contribution in [0.15, 0.2) is 133 Å². The minimum absolute atomic E-state index is 0.0274. The van der Waals surface area contributed by atoms with Crippen LogP contribution in [0.25, 0.3) is 0 Å². The van der Waals surface area contributed by atoms with Gasteiger partial charge in [-0.3, -0.25) is 19.2 Å². The van der Waals surface area contributed by atoms with Crippen molar-refractivity contribution < 1.29 is 19.2 Å².